The first-order chi connectivity index (χ1) is 13.7. The Morgan fingerprint density at radius 3 is 2.79 bits per heavy atom. The molecule has 0 radical (unpaired) electrons. The van der Waals surface area contributed by atoms with Crippen LogP contribution in [-0.4, -0.2) is 24.2 Å². The van der Waals surface area contributed by atoms with Gasteiger partial charge in [0.15, 0.2) is 11.5 Å². The highest BCUT2D eigenvalue weighted by atomic mass is 19.1. The molecular weight excluding hydrogens is 361 g/mol. The van der Waals surface area contributed by atoms with Gasteiger partial charge in [-0.2, -0.15) is 0 Å². The van der Waals surface area contributed by atoms with Crippen molar-refractivity contribution >= 4 is 17.3 Å². The molecule has 0 saturated carbocycles. The smallest absolute Gasteiger partial charge is 0.252 e. The minimum absolute atomic E-state index is 0.211. The van der Waals surface area contributed by atoms with Crippen LogP contribution in [0.5, 0.6) is 11.5 Å². The van der Waals surface area contributed by atoms with E-state index in [1.807, 2.05) is 18.2 Å². The van der Waals surface area contributed by atoms with Crippen molar-refractivity contribution in [1.29, 1.82) is 0 Å². The van der Waals surface area contributed by atoms with Crippen molar-refractivity contribution in [3.63, 3.8) is 0 Å². The number of carbonyl (C=O) groups is 1. The molecule has 4 rings (SSSR count). The van der Waals surface area contributed by atoms with Crippen molar-refractivity contribution in [1.82, 2.24) is 10.3 Å². The van der Waals surface area contributed by atoms with Gasteiger partial charge in [-0.1, -0.05) is 18.2 Å². The summed E-state index contributed by atoms with van der Waals surface area (Å²) in [7, 11) is 0. The standard InChI is InChI=1S/C21H18FN3O3/c22-18-4-2-1-3-14(18)7-8-24-21(26)15-9-17(12-23-11-15)25-16-5-6-19-20(10-16)28-13-27-19/h1-6,9-12,25H,7-8,13H2,(H,24,26). The van der Waals surface area contributed by atoms with Gasteiger partial charge in [-0.25, -0.2) is 4.39 Å². The van der Waals surface area contributed by atoms with Crippen LogP contribution in [0.1, 0.15) is 15.9 Å². The second-order valence-corrected chi connectivity index (χ2v) is 6.25. The topological polar surface area (TPSA) is 72.5 Å². The Labute approximate surface area is 161 Å². The van der Waals surface area contributed by atoms with Crippen molar-refractivity contribution in [2.24, 2.45) is 0 Å². The third kappa shape index (κ3) is 4.03. The summed E-state index contributed by atoms with van der Waals surface area (Å²) in [6.45, 7) is 0.544. The second-order valence-electron chi connectivity index (χ2n) is 6.25. The number of nitrogens with zero attached hydrogens (tertiary/aromatic N) is 1. The summed E-state index contributed by atoms with van der Waals surface area (Å²) in [5.41, 5.74) is 2.45. The number of benzene rings is 2. The molecule has 0 fully saturated rings. The predicted molar refractivity (Wildman–Crippen MR) is 103 cm³/mol. The van der Waals surface area contributed by atoms with E-state index in [4.69, 9.17) is 9.47 Å². The molecular formula is C21H18FN3O3. The highest BCUT2D eigenvalue weighted by Crippen LogP contribution is 2.35. The quantitative estimate of drug-likeness (QED) is 0.684. The summed E-state index contributed by atoms with van der Waals surface area (Å²) < 4.78 is 24.3. The fourth-order valence-corrected chi connectivity index (χ4v) is 2.89. The van der Waals surface area contributed by atoms with Crippen molar-refractivity contribution in [2.75, 3.05) is 18.7 Å². The van der Waals surface area contributed by atoms with E-state index in [2.05, 4.69) is 15.6 Å². The van der Waals surface area contributed by atoms with Crippen molar-refractivity contribution < 1.29 is 18.7 Å². The Balaban J connectivity index is 1.37. The maximum atomic E-state index is 13.6. The lowest BCUT2D eigenvalue weighted by Gasteiger charge is -2.09. The Morgan fingerprint density at radius 1 is 1.04 bits per heavy atom. The molecule has 28 heavy (non-hydrogen) atoms. The normalized spacial score (nSPS) is 11.9. The average Bonchev–Trinajstić information content (AvgIpc) is 3.17. The third-order valence-corrected chi connectivity index (χ3v) is 4.30. The minimum atomic E-state index is -0.270. The van der Waals surface area contributed by atoms with Gasteiger partial charge in [-0.05, 0) is 36.2 Å². The van der Waals surface area contributed by atoms with E-state index in [1.54, 1.807) is 30.5 Å². The Bertz CT molecular complexity index is 1010. The van der Waals surface area contributed by atoms with Crippen LogP contribution in [0.15, 0.2) is 60.9 Å². The molecule has 6 nitrogen and oxygen atoms in total. The fraction of sp³-hybridized carbons (Fsp3) is 0.143. The lowest BCUT2D eigenvalue weighted by molar-refractivity contribution is 0.0953. The van der Waals surface area contributed by atoms with E-state index in [-0.39, 0.29) is 18.5 Å². The SMILES string of the molecule is O=C(NCCc1ccccc1F)c1cncc(Nc2ccc3c(c2)OCO3)c1. The summed E-state index contributed by atoms with van der Waals surface area (Å²) >= 11 is 0. The lowest BCUT2D eigenvalue weighted by atomic mass is 10.1. The number of ether oxygens (including phenoxy) is 2. The summed E-state index contributed by atoms with van der Waals surface area (Å²) in [6, 6.07) is 13.7. The van der Waals surface area contributed by atoms with Gasteiger partial charge in [0.2, 0.25) is 6.79 Å². The molecule has 2 N–H and O–H groups in total. The zero-order valence-electron chi connectivity index (χ0n) is 14.9. The monoisotopic (exact) mass is 379 g/mol. The van der Waals surface area contributed by atoms with Crippen LogP contribution >= 0.6 is 0 Å². The zero-order chi connectivity index (χ0) is 19.3. The fourth-order valence-electron chi connectivity index (χ4n) is 2.89. The molecule has 0 unspecified atom stereocenters. The Hall–Kier alpha value is -3.61. The van der Waals surface area contributed by atoms with Crippen LogP contribution in [0.4, 0.5) is 15.8 Å². The number of nitrogens with one attached hydrogen (secondary N) is 2. The van der Waals surface area contributed by atoms with Crippen LogP contribution in [-0.2, 0) is 6.42 Å². The van der Waals surface area contributed by atoms with Crippen LogP contribution < -0.4 is 20.1 Å². The van der Waals surface area contributed by atoms with Gasteiger partial charge in [0.05, 0.1) is 17.4 Å². The molecule has 3 aromatic rings. The van der Waals surface area contributed by atoms with E-state index in [1.165, 1.54) is 12.3 Å². The summed E-state index contributed by atoms with van der Waals surface area (Å²) in [5, 5.41) is 5.98. The second kappa shape index (κ2) is 7.96. The number of anilines is 2. The first kappa shape index (κ1) is 17.8. The molecule has 0 aliphatic carbocycles. The lowest BCUT2D eigenvalue weighted by Crippen LogP contribution is -2.26. The number of hydrogen-bond acceptors (Lipinski definition) is 5. The molecule has 0 spiro atoms. The first-order valence-electron chi connectivity index (χ1n) is 8.82. The maximum absolute atomic E-state index is 13.6. The van der Waals surface area contributed by atoms with E-state index in [0.717, 1.165) is 5.69 Å². The largest absolute Gasteiger partial charge is 0.454 e. The van der Waals surface area contributed by atoms with E-state index in [0.29, 0.717) is 41.3 Å². The number of pyridine rings is 1. The van der Waals surface area contributed by atoms with Crippen molar-refractivity contribution in [3.05, 3.63) is 77.9 Å². The Morgan fingerprint density at radius 2 is 1.89 bits per heavy atom. The molecule has 0 saturated heterocycles. The van der Waals surface area contributed by atoms with E-state index < -0.39 is 0 Å². The molecule has 142 valence electrons. The van der Waals surface area contributed by atoms with Crippen LogP contribution in [0.2, 0.25) is 0 Å². The molecule has 7 heteroatoms. The Kier molecular flexibility index (Phi) is 5.05. The van der Waals surface area contributed by atoms with Gasteiger partial charge >= 0.3 is 0 Å². The number of hydrogen-bond donors (Lipinski definition) is 2. The number of fused-ring (bicyclic) bond motifs is 1. The van der Waals surface area contributed by atoms with Crippen LogP contribution in [0, 0.1) is 5.82 Å². The number of amides is 1. The predicted octanol–water partition coefficient (Wildman–Crippen LogP) is 3.67. The molecule has 1 aromatic heterocycles. The van der Waals surface area contributed by atoms with Crippen molar-refractivity contribution in [2.45, 2.75) is 6.42 Å². The number of aromatic nitrogens is 1. The third-order valence-electron chi connectivity index (χ3n) is 4.30. The summed E-state index contributed by atoms with van der Waals surface area (Å²) in [4.78, 5) is 16.5. The molecule has 2 aromatic carbocycles. The number of carbonyl (C=O) groups excluding carboxylic acids is 1. The van der Waals surface area contributed by atoms with Crippen molar-refractivity contribution in [3.8, 4) is 11.5 Å². The van der Waals surface area contributed by atoms with Gasteiger partial charge in [0.1, 0.15) is 5.82 Å². The van der Waals surface area contributed by atoms with E-state index >= 15 is 0 Å². The first-order valence-corrected chi connectivity index (χ1v) is 8.82. The zero-order valence-corrected chi connectivity index (χ0v) is 14.9. The molecule has 1 aliphatic heterocycles. The molecule has 0 bridgehead atoms. The number of rotatable bonds is 6. The average molecular weight is 379 g/mol. The summed E-state index contributed by atoms with van der Waals surface area (Å²) in [5.74, 6) is 0.832. The summed E-state index contributed by atoms with van der Waals surface area (Å²) in [6.07, 6.45) is 3.53. The van der Waals surface area contributed by atoms with Gasteiger partial charge in [-0.3, -0.25) is 9.78 Å². The highest BCUT2D eigenvalue weighted by molar-refractivity contribution is 5.94. The minimum Gasteiger partial charge on any atom is -0.454 e. The molecule has 2 heterocycles. The van der Waals surface area contributed by atoms with Gasteiger partial charge < -0.3 is 20.1 Å². The van der Waals surface area contributed by atoms with E-state index in [9.17, 15) is 9.18 Å². The van der Waals surface area contributed by atoms with Crippen LogP contribution in [0.3, 0.4) is 0 Å². The molecule has 1 amide bonds. The molecule has 1 aliphatic rings. The van der Waals surface area contributed by atoms with Gasteiger partial charge in [0.25, 0.3) is 5.91 Å². The highest BCUT2D eigenvalue weighted by Gasteiger charge is 2.13. The van der Waals surface area contributed by atoms with Crippen LogP contribution in [0.25, 0.3) is 0 Å². The maximum Gasteiger partial charge on any atom is 0.252 e. The number of halogens is 1. The van der Waals surface area contributed by atoms with Gasteiger partial charge in [0, 0.05) is 24.5 Å². The van der Waals surface area contributed by atoms with Gasteiger partial charge in [-0.15, -0.1) is 0 Å². The molecule has 0 atom stereocenters.